The molecule has 0 aromatic heterocycles. The zero-order valence-corrected chi connectivity index (χ0v) is 19.6. The lowest BCUT2D eigenvalue weighted by molar-refractivity contribution is -0.150. The number of allylic oxidation sites excluding steroid dienone is 1. The SMILES string of the molecule is CCc1ccc(NC(=O)CSC2=C(C#N)[C@H](c3ccccc3Cl)[C@H](C(=O)OC)C(=O)N2)cc1. The van der Waals surface area contributed by atoms with E-state index >= 15 is 0 Å². The maximum absolute atomic E-state index is 12.8. The second-order valence-electron chi connectivity index (χ2n) is 7.23. The molecule has 0 radical (unpaired) electrons. The van der Waals surface area contributed by atoms with E-state index in [0.29, 0.717) is 16.3 Å². The lowest BCUT2D eigenvalue weighted by Gasteiger charge is -2.31. The van der Waals surface area contributed by atoms with Gasteiger partial charge < -0.3 is 15.4 Å². The summed E-state index contributed by atoms with van der Waals surface area (Å²) in [6.07, 6.45) is 0.897. The van der Waals surface area contributed by atoms with Crippen molar-refractivity contribution in [3.05, 3.63) is 75.3 Å². The Balaban J connectivity index is 1.87. The Bertz CT molecular complexity index is 1140. The third kappa shape index (κ3) is 5.56. The summed E-state index contributed by atoms with van der Waals surface area (Å²) in [5.41, 5.74) is 2.41. The number of carbonyl (C=O) groups excluding carboxylic acids is 3. The van der Waals surface area contributed by atoms with Gasteiger partial charge in [0.05, 0.1) is 29.5 Å². The Morgan fingerprint density at radius 2 is 1.91 bits per heavy atom. The second-order valence-corrected chi connectivity index (χ2v) is 8.62. The zero-order chi connectivity index (χ0) is 24.0. The molecule has 0 spiro atoms. The molecule has 0 fully saturated rings. The van der Waals surface area contributed by atoms with Crippen LogP contribution in [0.4, 0.5) is 5.69 Å². The van der Waals surface area contributed by atoms with E-state index in [4.69, 9.17) is 16.3 Å². The summed E-state index contributed by atoms with van der Waals surface area (Å²) in [5, 5.41) is 15.8. The van der Waals surface area contributed by atoms with Crippen LogP contribution in [0.1, 0.15) is 24.0 Å². The van der Waals surface area contributed by atoms with E-state index in [0.717, 1.165) is 23.7 Å². The van der Waals surface area contributed by atoms with E-state index in [9.17, 15) is 19.6 Å². The second kappa shape index (κ2) is 11.0. The number of benzene rings is 2. The number of amides is 2. The molecule has 2 amide bonds. The number of halogens is 1. The van der Waals surface area contributed by atoms with Crippen LogP contribution in [0, 0.1) is 17.2 Å². The summed E-state index contributed by atoms with van der Waals surface area (Å²) < 4.78 is 4.82. The smallest absolute Gasteiger partial charge is 0.319 e. The number of ether oxygens (including phenoxy) is 1. The summed E-state index contributed by atoms with van der Waals surface area (Å²) >= 11 is 7.35. The van der Waals surface area contributed by atoms with Gasteiger partial charge in [0, 0.05) is 16.6 Å². The number of thioether (sulfide) groups is 1. The summed E-state index contributed by atoms with van der Waals surface area (Å²) in [6, 6.07) is 16.3. The molecule has 0 aliphatic carbocycles. The van der Waals surface area contributed by atoms with E-state index < -0.39 is 23.7 Å². The molecule has 0 saturated carbocycles. The van der Waals surface area contributed by atoms with Crippen LogP contribution >= 0.6 is 23.4 Å². The summed E-state index contributed by atoms with van der Waals surface area (Å²) in [6.45, 7) is 2.05. The first-order valence-corrected chi connectivity index (χ1v) is 11.5. The van der Waals surface area contributed by atoms with Crippen LogP contribution in [-0.2, 0) is 25.5 Å². The largest absolute Gasteiger partial charge is 0.468 e. The van der Waals surface area contributed by atoms with Gasteiger partial charge in [0.25, 0.3) is 0 Å². The first-order chi connectivity index (χ1) is 15.9. The standard InChI is InChI=1S/C24H22ClN3O4S/c1-3-14-8-10-15(11-9-14)27-19(29)13-33-23-17(12-26)20(16-6-4-5-7-18(16)25)21(22(30)28-23)24(31)32-2/h4-11,20-21H,3,13H2,1-2H3,(H,27,29)(H,28,30)/t20-,21-/m0/s1. The molecule has 2 aromatic carbocycles. The number of rotatable bonds is 7. The predicted octanol–water partition coefficient (Wildman–Crippen LogP) is 4.01. The number of aryl methyl sites for hydroxylation is 1. The van der Waals surface area contributed by atoms with Crippen LogP contribution in [-0.4, -0.2) is 30.6 Å². The first-order valence-electron chi connectivity index (χ1n) is 10.2. The van der Waals surface area contributed by atoms with Gasteiger partial charge in [-0.25, -0.2) is 0 Å². The lowest BCUT2D eigenvalue weighted by atomic mass is 9.78. The molecule has 2 aromatic rings. The first kappa shape index (κ1) is 24.4. The maximum atomic E-state index is 12.8. The summed E-state index contributed by atoms with van der Waals surface area (Å²) in [7, 11) is 1.18. The highest BCUT2D eigenvalue weighted by atomic mass is 35.5. The Kier molecular flexibility index (Phi) is 8.15. The van der Waals surface area contributed by atoms with Gasteiger partial charge in [-0.3, -0.25) is 14.4 Å². The van der Waals surface area contributed by atoms with Crippen LogP contribution < -0.4 is 10.6 Å². The molecule has 2 N–H and O–H groups in total. The molecule has 2 atom stereocenters. The number of hydrogen-bond donors (Lipinski definition) is 2. The molecule has 7 nitrogen and oxygen atoms in total. The predicted molar refractivity (Wildman–Crippen MR) is 127 cm³/mol. The molecule has 0 saturated heterocycles. The third-order valence-electron chi connectivity index (χ3n) is 5.22. The van der Waals surface area contributed by atoms with E-state index in [1.807, 2.05) is 31.2 Å². The van der Waals surface area contributed by atoms with Crippen molar-refractivity contribution in [3.8, 4) is 6.07 Å². The van der Waals surface area contributed by atoms with Crippen LogP contribution in [0.25, 0.3) is 0 Å². The number of carbonyl (C=O) groups is 3. The molecule has 0 bridgehead atoms. The maximum Gasteiger partial charge on any atom is 0.319 e. The highest BCUT2D eigenvalue weighted by Crippen LogP contribution is 2.42. The van der Waals surface area contributed by atoms with Crippen LogP contribution in [0.2, 0.25) is 5.02 Å². The van der Waals surface area contributed by atoms with Crippen molar-refractivity contribution in [3.63, 3.8) is 0 Å². The van der Waals surface area contributed by atoms with E-state index in [-0.39, 0.29) is 22.3 Å². The van der Waals surface area contributed by atoms with Crippen LogP contribution in [0.15, 0.2) is 59.1 Å². The quantitative estimate of drug-likeness (QED) is 0.455. The van der Waals surface area contributed by atoms with Gasteiger partial charge in [0.1, 0.15) is 5.92 Å². The van der Waals surface area contributed by atoms with Gasteiger partial charge in [0.2, 0.25) is 11.8 Å². The molecule has 0 unspecified atom stereocenters. The fourth-order valence-electron chi connectivity index (χ4n) is 3.54. The minimum atomic E-state index is -1.28. The average molecular weight is 484 g/mol. The van der Waals surface area contributed by atoms with Gasteiger partial charge in [-0.15, -0.1) is 0 Å². The van der Waals surface area contributed by atoms with E-state index in [2.05, 4.69) is 16.7 Å². The third-order valence-corrected chi connectivity index (χ3v) is 6.58. The molecular weight excluding hydrogens is 462 g/mol. The van der Waals surface area contributed by atoms with Crippen molar-refractivity contribution < 1.29 is 19.1 Å². The van der Waals surface area contributed by atoms with Crippen molar-refractivity contribution in [1.82, 2.24) is 5.32 Å². The summed E-state index contributed by atoms with van der Waals surface area (Å²) in [5.74, 6) is -3.95. The normalized spacial score (nSPS) is 17.7. The number of methoxy groups -OCH3 is 1. The van der Waals surface area contributed by atoms with Crippen LogP contribution in [0.3, 0.4) is 0 Å². The topological polar surface area (TPSA) is 108 Å². The fourth-order valence-corrected chi connectivity index (χ4v) is 4.64. The molecule has 1 aliphatic heterocycles. The molecule has 33 heavy (non-hydrogen) atoms. The van der Waals surface area contributed by atoms with Gasteiger partial charge in [0.15, 0.2) is 0 Å². The minimum Gasteiger partial charge on any atom is -0.468 e. The number of anilines is 1. The number of hydrogen-bond acceptors (Lipinski definition) is 6. The van der Waals surface area contributed by atoms with Crippen molar-refractivity contribution in [2.45, 2.75) is 19.3 Å². The van der Waals surface area contributed by atoms with Gasteiger partial charge in [-0.05, 0) is 35.7 Å². The number of nitriles is 1. The molecule has 1 aliphatic rings. The van der Waals surface area contributed by atoms with Gasteiger partial charge in [-0.2, -0.15) is 5.26 Å². The fraction of sp³-hybridized carbons (Fsp3) is 0.250. The molecule has 1 heterocycles. The van der Waals surface area contributed by atoms with Crippen molar-refractivity contribution in [2.24, 2.45) is 5.92 Å². The molecule has 3 rings (SSSR count). The molecule has 9 heteroatoms. The van der Waals surface area contributed by atoms with Crippen molar-refractivity contribution in [1.29, 1.82) is 5.26 Å². The Labute approximate surface area is 201 Å². The monoisotopic (exact) mass is 483 g/mol. The minimum absolute atomic E-state index is 0.0472. The highest BCUT2D eigenvalue weighted by molar-refractivity contribution is 8.03. The molecule has 170 valence electrons. The molecular formula is C24H22ClN3O4S. The number of nitrogens with one attached hydrogen (secondary N) is 2. The number of esters is 1. The Morgan fingerprint density at radius 1 is 1.21 bits per heavy atom. The van der Waals surface area contributed by atoms with Gasteiger partial charge >= 0.3 is 5.97 Å². The van der Waals surface area contributed by atoms with Crippen molar-refractivity contribution in [2.75, 3.05) is 18.2 Å². The Hall–Kier alpha value is -3.28. The zero-order valence-electron chi connectivity index (χ0n) is 18.1. The van der Waals surface area contributed by atoms with Gasteiger partial charge in [-0.1, -0.05) is 60.6 Å². The Morgan fingerprint density at radius 3 is 2.52 bits per heavy atom. The highest BCUT2D eigenvalue weighted by Gasteiger charge is 2.45. The lowest BCUT2D eigenvalue weighted by Crippen LogP contribution is -2.44. The van der Waals surface area contributed by atoms with E-state index in [1.54, 1.807) is 24.3 Å². The number of nitrogens with zero attached hydrogens (tertiary/aromatic N) is 1. The van der Waals surface area contributed by atoms with E-state index in [1.165, 1.54) is 7.11 Å². The van der Waals surface area contributed by atoms with Crippen LogP contribution in [0.5, 0.6) is 0 Å². The average Bonchev–Trinajstić information content (AvgIpc) is 2.82. The van der Waals surface area contributed by atoms with Crippen molar-refractivity contribution >= 4 is 46.8 Å². The summed E-state index contributed by atoms with van der Waals surface area (Å²) in [4.78, 5) is 37.7.